The number of amides is 1. The summed E-state index contributed by atoms with van der Waals surface area (Å²) in [7, 11) is 1.65. The molecule has 0 spiro atoms. The minimum Gasteiger partial charge on any atom is -0.383 e. The number of ether oxygens (including phenoxy) is 1. The van der Waals surface area contributed by atoms with E-state index < -0.39 is 0 Å². The van der Waals surface area contributed by atoms with Gasteiger partial charge < -0.3 is 15.4 Å². The van der Waals surface area contributed by atoms with Crippen LogP contribution in [0.5, 0.6) is 0 Å². The highest BCUT2D eigenvalue weighted by Gasteiger charge is 2.10. The van der Waals surface area contributed by atoms with E-state index in [1.54, 1.807) is 25.3 Å². The van der Waals surface area contributed by atoms with Crippen LogP contribution in [0.25, 0.3) is 0 Å². The second kappa shape index (κ2) is 11.2. The van der Waals surface area contributed by atoms with Crippen LogP contribution in [0.1, 0.15) is 5.56 Å². The molecule has 0 unspecified atom stereocenters. The van der Waals surface area contributed by atoms with Gasteiger partial charge in [0.15, 0.2) is 0 Å². The molecular formula is C13H19Cl3N2O2. The van der Waals surface area contributed by atoms with Gasteiger partial charge in [-0.05, 0) is 17.7 Å². The SMILES string of the molecule is COCCNCCNC(=O)Cc1c(Cl)cccc1Cl.Cl. The average molecular weight is 342 g/mol. The molecule has 0 atom stereocenters. The van der Waals surface area contributed by atoms with E-state index in [1.165, 1.54) is 0 Å². The molecule has 20 heavy (non-hydrogen) atoms. The summed E-state index contributed by atoms with van der Waals surface area (Å²) in [6.45, 7) is 2.68. The first-order chi connectivity index (χ1) is 9.15. The number of halogens is 3. The Morgan fingerprint density at radius 1 is 1.20 bits per heavy atom. The van der Waals surface area contributed by atoms with Crippen molar-refractivity contribution >= 4 is 41.5 Å². The predicted octanol–water partition coefficient (Wildman–Crippen LogP) is 2.31. The summed E-state index contributed by atoms with van der Waals surface area (Å²) < 4.78 is 4.90. The van der Waals surface area contributed by atoms with Crippen LogP contribution in [0.3, 0.4) is 0 Å². The molecule has 0 bridgehead atoms. The van der Waals surface area contributed by atoms with E-state index in [0.717, 1.165) is 6.54 Å². The van der Waals surface area contributed by atoms with Crippen molar-refractivity contribution in [2.24, 2.45) is 0 Å². The Balaban J connectivity index is 0.00000361. The first-order valence-corrected chi connectivity index (χ1v) is 6.80. The van der Waals surface area contributed by atoms with Crippen molar-refractivity contribution in [1.82, 2.24) is 10.6 Å². The fourth-order valence-electron chi connectivity index (χ4n) is 1.51. The van der Waals surface area contributed by atoms with Gasteiger partial charge in [-0.3, -0.25) is 4.79 Å². The van der Waals surface area contributed by atoms with Crippen LogP contribution in [0.2, 0.25) is 10.0 Å². The van der Waals surface area contributed by atoms with Gasteiger partial charge in [0.2, 0.25) is 5.91 Å². The van der Waals surface area contributed by atoms with Crippen LogP contribution in [-0.2, 0) is 16.0 Å². The van der Waals surface area contributed by atoms with E-state index in [0.29, 0.717) is 35.3 Å². The van der Waals surface area contributed by atoms with Crippen LogP contribution >= 0.6 is 35.6 Å². The molecule has 1 amide bonds. The summed E-state index contributed by atoms with van der Waals surface area (Å²) in [5, 5.41) is 6.97. The first-order valence-electron chi connectivity index (χ1n) is 6.04. The number of nitrogens with one attached hydrogen (secondary N) is 2. The molecule has 2 N–H and O–H groups in total. The molecule has 0 radical (unpaired) electrons. The summed E-state index contributed by atoms with van der Waals surface area (Å²) >= 11 is 12.0. The molecule has 114 valence electrons. The Kier molecular flexibility index (Phi) is 10.9. The molecule has 0 aromatic heterocycles. The third-order valence-corrected chi connectivity index (χ3v) is 3.21. The molecule has 0 saturated carbocycles. The summed E-state index contributed by atoms with van der Waals surface area (Å²) in [6, 6.07) is 5.20. The quantitative estimate of drug-likeness (QED) is 0.713. The maximum atomic E-state index is 11.7. The monoisotopic (exact) mass is 340 g/mol. The van der Waals surface area contributed by atoms with Gasteiger partial charge in [-0.25, -0.2) is 0 Å². The maximum Gasteiger partial charge on any atom is 0.224 e. The zero-order valence-corrected chi connectivity index (χ0v) is 13.6. The van der Waals surface area contributed by atoms with E-state index in [4.69, 9.17) is 27.9 Å². The van der Waals surface area contributed by atoms with Gasteiger partial charge in [-0.1, -0.05) is 29.3 Å². The molecule has 1 aromatic rings. The summed E-state index contributed by atoms with van der Waals surface area (Å²) in [4.78, 5) is 11.7. The molecule has 7 heteroatoms. The molecule has 0 saturated heterocycles. The van der Waals surface area contributed by atoms with Crippen molar-refractivity contribution in [2.75, 3.05) is 33.4 Å². The Morgan fingerprint density at radius 3 is 2.45 bits per heavy atom. The highest BCUT2D eigenvalue weighted by atomic mass is 35.5. The number of rotatable bonds is 8. The van der Waals surface area contributed by atoms with Gasteiger partial charge in [0, 0.05) is 36.8 Å². The Labute approximate surface area is 135 Å². The van der Waals surface area contributed by atoms with E-state index in [2.05, 4.69) is 10.6 Å². The van der Waals surface area contributed by atoms with Crippen LogP contribution < -0.4 is 10.6 Å². The summed E-state index contributed by atoms with van der Waals surface area (Å²) in [5.74, 6) is -0.0939. The fourth-order valence-corrected chi connectivity index (χ4v) is 2.04. The Morgan fingerprint density at radius 2 is 1.85 bits per heavy atom. The highest BCUT2D eigenvalue weighted by Crippen LogP contribution is 2.24. The van der Waals surface area contributed by atoms with Gasteiger partial charge in [0.1, 0.15) is 0 Å². The lowest BCUT2D eigenvalue weighted by Gasteiger charge is -2.08. The van der Waals surface area contributed by atoms with Crippen LogP contribution in [0.15, 0.2) is 18.2 Å². The fraction of sp³-hybridized carbons (Fsp3) is 0.462. The minimum absolute atomic E-state index is 0. The highest BCUT2D eigenvalue weighted by molar-refractivity contribution is 6.36. The first kappa shape index (κ1) is 19.5. The lowest BCUT2D eigenvalue weighted by molar-refractivity contribution is -0.120. The normalized spacial score (nSPS) is 9.95. The van der Waals surface area contributed by atoms with Gasteiger partial charge in [-0.2, -0.15) is 0 Å². The van der Waals surface area contributed by atoms with Gasteiger partial charge in [0.25, 0.3) is 0 Å². The van der Waals surface area contributed by atoms with Crippen LogP contribution in [0, 0.1) is 0 Å². The number of hydrogen-bond donors (Lipinski definition) is 2. The third kappa shape index (κ3) is 7.31. The third-order valence-electron chi connectivity index (χ3n) is 2.51. The van der Waals surface area contributed by atoms with Crippen molar-refractivity contribution in [3.8, 4) is 0 Å². The van der Waals surface area contributed by atoms with Crippen LogP contribution in [0.4, 0.5) is 0 Å². The summed E-state index contributed by atoms with van der Waals surface area (Å²) in [5.41, 5.74) is 0.663. The maximum absolute atomic E-state index is 11.7. The summed E-state index contributed by atoms with van der Waals surface area (Å²) in [6.07, 6.45) is 0.191. The van der Waals surface area contributed by atoms with Crippen molar-refractivity contribution in [2.45, 2.75) is 6.42 Å². The van der Waals surface area contributed by atoms with Crippen molar-refractivity contribution in [3.63, 3.8) is 0 Å². The van der Waals surface area contributed by atoms with Crippen LogP contribution in [-0.4, -0.2) is 39.3 Å². The standard InChI is InChI=1S/C13H18Cl2N2O2.ClH/c1-19-8-7-16-5-6-17-13(18)9-10-11(14)3-2-4-12(10)15;/h2-4,16H,5-9H2,1H3,(H,17,18);1H. The zero-order valence-electron chi connectivity index (χ0n) is 11.2. The number of methoxy groups -OCH3 is 1. The number of benzene rings is 1. The van der Waals surface area contributed by atoms with Crippen molar-refractivity contribution < 1.29 is 9.53 Å². The largest absolute Gasteiger partial charge is 0.383 e. The van der Waals surface area contributed by atoms with E-state index in [9.17, 15) is 4.79 Å². The second-order valence-electron chi connectivity index (χ2n) is 3.97. The smallest absolute Gasteiger partial charge is 0.224 e. The van der Waals surface area contributed by atoms with Crippen molar-refractivity contribution in [3.05, 3.63) is 33.8 Å². The zero-order chi connectivity index (χ0) is 14.1. The van der Waals surface area contributed by atoms with Gasteiger partial charge in [0.05, 0.1) is 13.0 Å². The van der Waals surface area contributed by atoms with E-state index in [-0.39, 0.29) is 24.7 Å². The molecule has 1 aromatic carbocycles. The molecule has 0 aliphatic carbocycles. The number of carbonyl (C=O) groups is 1. The molecule has 0 aliphatic heterocycles. The number of carbonyl (C=O) groups excluding carboxylic acids is 1. The molecule has 0 aliphatic rings. The average Bonchev–Trinajstić information content (AvgIpc) is 2.38. The molecule has 1 rings (SSSR count). The molecule has 4 nitrogen and oxygen atoms in total. The topological polar surface area (TPSA) is 50.4 Å². The van der Waals surface area contributed by atoms with Crippen molar-refractivity contribution in [1.29, 1.82) is 0 Å². The van der Waals surface area contributed by atoms with Gasteiger partial charge >= 0.3 is 0 Å². The lowest BCUT2D eigenvalue weighted by Crippen LogP contribution is -2.33. The number of hydrogen-bond acceptors (Lipinski definition) is 3. The van der Waals surface area contributed by atoms with Gasteiger partial charge in [-0.15, -0.1) is 12.4 Å². The molecule has 0 fully saturated rings. The predicted molar refractivity (Wildman–Crippen MR) is 85.2 cm³/mol. The second-order valence-corrected chi connectivity index (χ2v) is 4.78. The Bertz CT molecular complexity index is 396. The minimum atomic E-state index is -0.0939. The molecular weight excluding hydrogens is 323 g/mol. The van der Waals surface area contributed by atoms with E-state index >= 15 is 0 Å². The Hall–Kier alpha value is -0.520. The lowest BCUT2D eigenvalue weighted by atomic mass is 10.1. The molecule has 0 heterocycles. The van der Waals surface area contributed by atoms with E-state index in [1.807, 2.05) is 0 Å².